The van der Waals surface area contributed by atoms with Crippen molar-refractivity contribution in [2.45, 2.75) is 37.3 Å². The van der Waals surface area contributed by atoms with Crippen molar-refractivity contribution in [1.82, 2.24) is 25.1 Å². The van der Waals surface area contributed by atoms with E-state index in [1.54, 1.807) is 13.4 Å². The molecule has 0 aromatic carbocycles. The number of nitrogens with one attached hydrogen (secondary N) is 2. The number of imidazole rings is 1. The molecule has 2 aliphatic rings. The molecule has 11 nitrogen and oxygen atoms in total. The van der Waals surface area contributed by atoms with E-state index in [-0.39, 0.29) is 11.4 Å². The first-order valence-electron chi connectivity index (χ1n) is 10.4. The third kappa shape index (κ3) is 10.4. The van der Waals surface area contributed by atoms with E-state index in [1.807, 2.05) is 6.20 Å². The van der Waals surface area contributed by atoms with Crippen LogP contribution in [0.5, 0.6) is 0 Å². The number of likely N-dealkylation sites (tertiary alicyclic amines) is 1. The van der Waals surface area contributed by atoms with Gasteiger partial charge in [-0.15, -0.1) is 0 Å². The third-order valence-electron chi connectivity index (χ3n) is 5.38. The minimum Gasteiger partial charge on any atom is -0.475 e. The lowest BCUT2D eigenvalue weighted by Crippen LogP contribution is -2.62. The van der Waals surface area contributed by atoms with Crippen LogP contribution in [0.4, 0.5) is 26.3 Å². The molecule has 36 heavy (non-hydrogen) atoms. The summed E-state index contributed by atoms with van der Waals surface area (Å²) in [6, 6.07) is 0. The third-order valence-corrected chi connectivity index (χ3v) is 5.38. The van der Waals surface area contributed by atoms with Gasteiger partial charge in [0.15, 0.2) is 0 Å². The minimum atomic E-state index is -5.08. The van der Waals surface area contributed by atoms with E-state index in [0.29, 0.717) is 6.54 Å². The van der Waals surface area contributed by atoms with E-state index in [4.69, 9.17) is 24.5 Å². The Morgan fingerprint density at radius 3 is 2.03 bits per heavy atom. The summed E-state index contributed by atoms with van der Waals surface area (Å²) in [7, 11) is 1.70. The molecule has 3 rings (SSSR count). The van der Waals surface area contributed by atoms with E-state index in [1.165, 1.54) is 0 Å². The van der Waals surface area contributed by atoms with E-state index >= 15 is 0 Å². The molecule has 206 valence electrons. The van der Waals surface area contributed by atoms with E-state index in [0.717, 1.165) is 57.9 Å². The Hall–Kier alpha value is -2.92. The number of hydrogen-bond acceptors (Lipinski definition) is 7. The summed E-state index contributed by atoms with van der Waals surface area (Å²) in [5.41, 5.74) is 1.17. The normalized spacial score (nSPS) is 18.3. The SMILES string of the molecule is CNC(=O)CN1CCOCC12CCN(Cc1cnc[nH]1)CC2.O=C(O)C(F)(F)F.O=C(O)C(F)(F)F. The Labute approximate surface area is 201 Å². The van der Waals surface area contributed by atoms with Crippen LogP contribution in [0.3, 0.4) is 0 Å². The van der Waals surface area contributed by atoms with Gasteiger partial charge in [-0.05, 0) is 12.8 Å². The van der Waals surface area contributed by atoms with Crippen LogP contribution in [-0.2, 0) is 25.7 Å². The molecule has 3 heterocycles. The van der Waals surface area contributed by atoms with Crippen LogP contribution in [0.15, 0.2) is 12.5 Å². The summed E-state index contributed by atoms with van der Waals surface area (Å²) in [5, 5.41) is 17.0. The van der Waals surface area contributed by atoms with Gasteiger partial charge < -0.3 is 25.3 Å². The van der Waals surface area contributed by atoms with E-state index in [9.17, 15) is 31.1 Å². The average Bonchev–Trinajstić information content (AvgIpc) is 3.29. The van der Waals surface area contributed by atoms with Gasteiger partial charge in [-0.1, -0.05) is 0 Å². The summed E-state index contributed by atoms with van der Waals surface area (Å²) in [4.78, 5) is 41.5. The van der Waals surface area contributed by atoms with Gasteiger partial charge in [-0.25, -0.2) is 14.6 Å². The standard InChI is InChI=1S/C15H25N5O2.2C2HF3O2/c1-16-14(21)10-20-6-7-22-11-15(20)2-4-19(5-3-15)9-13-8-17-12-18-13;2*3-2(4,5)1(6)7/h8,12H,2-7,9-11H2,1H3,(H,16,21)(H,17,18);2*(H,6,7). The van der Waals surface area contributed by atoms with Crippen LogP contribution in [-0.4, -0.2) is 112 Å². The van der Waals surface area contributed by atoms with Gasteiger partial charge in [-0.3, -0.25) is 14.6 Å². The van der Waals surface area contributed by atoms with Gasteiger partial charge in [0, 0.05) is 50.7 Å². The molecule has 1 spiro atoms. The molecule has 1 aromatic rings. The van der Waals surface area contributed by atoms with Gasteiger partial charge in [-0.2, -0.15) is 26.3 Å². The Bertz CT molecular complexity index is 817. The maximum absolute atomic E-state index is 11.8. The van der Waals surface area contributed by atoms with Crippen molar-refractivity contribution >= 4 is 17.8 Å². The zero-order valence-corrected chi connectivity index (χ0v) is 19.2. The zero-order valence-electron chi connectivity index (χ0n) is 19.2. The molecule has 0 aliphatic carbocycles. The summed E-state index contributed by atoms with van der Waals surface area (Å²) in [5.74, 6) is -5.43. The highest BCUT2D eigenvalue weighted by molar-refractivity contribution is 5.77. The highest BCUT2D eigenvalue weighted by Gasteiger charge is 2.43. The smallest absolute Gasteiger partial charge is 0.475 e. The van der Waals surface area contributed by atoms with Gasteiger partial charge in [0.05, 0.1) is 26.1 Å². The predicted octanol–water partition coefficient (Wildman–Crippen LogP) is 1.09. The fraction of sp³-hybridized carbons (Fsp3) is 0.684. The number of aromatic amines is 1. The Kier molecular flexibility index (Phi) is 11.6. The molecule has 0 unspecified atom stereocenters. The Balaban J connectivity index is 0.000000383. The number of alkyl halides is 6. The van der Waals surface area contributed by atoms with Crippen LogP contribution in [0, 0.1) is 0 Å². The summed E-state index contributed by atoms with van der Waals surface area (Å²) >= 11 is 0. The highest BCUT2D eigenvalue weighted by atomic mass is 19.4. The Morgan fingerprint density at radius 1 is 1.08 bits per heavy atom. The van der Waals surface area contributed by atoms with Gasteiger partial charge in [0.25, 0.3) is 0 Å². The number of amides is 1. The lowest BCUT2D eigenvalue weighted by Gasteiger charge is -2.50. The summed E-state index contributed by atoms with van der Waals surface area (Å²) < 4.78 is 69.2. The predicted molar refractivity (Wildman–Crippen MR) is 110 cm³/mol. The van der Waals surface area contributed by atoms with Crippen molar-refractivity contribution in [2.75, 3.05) is 46.4 Å². The summed E-state index contributed by atoms with van der Waals surface area (Å²) in [6.07, 6.45) is -4.48. The quantitative estimate of drug-likeness (QED) is 0.416. The fourth-order valence-corrected chi connectivity index (χ4v) is 3.46. The molecular formula is C19H27F6N5O6. The lowest BCUT2D eigenvalue weighted by molar-refractivity contribution is -0.193. The molecule has 0 bridgehead atoms. The zero-order chi connectivity index (χ0) is 27.6. The van der Waals surface area contributed by atoms with Crippen molar-refractivity contribution < 1.29 is 55.7 Å². The molecule has 0 atom stereocenters. The van der Waals surface area contributed by atoms with Crippen molar-refractivity contribution in [3.05, 3.63) is 18.2 Å². The number of morpholine rings is 1. The van der Waals surface area contributed by atoms with Crippen molar-refractivity contribution in [2.24, 2.45) is 0 Å². The van der Waals surface area contributed by atoms with Crippen molar-refractivity contribution in [3.63, 3.8) is 0 Å². The second-order valence-electron chi connectivity index (χ2n) is 7.83. The van der Waals surface area contributed by atoms with Crippen molar-refractivity contribution in [1.29, 1.82) is 0 Å². The van der Waals surface area contributed by atoms with Crippen molar-refractivity contribution in [3.8, 4) is 0 Å². The second kappa shape index (κ2) is 13.4. The number of H-pyrrole nitrogens is 1. The lowest BCUT2D eigenvalue weighted by atomic mass is 9.85. The fourth-order valence-electron chi connectivity index (χ4n) is 3.46. The first-order chi connectivity index (χ1) is 16.6. The first kappa shape index (κ1) is 31.1. The molecule has 4 N–H and O–H groups in total. The van der Waals surface area contributed by atoms with E-state index in [2.05, 4.69) is 25.1 Å². The maximum Gasteiger partial charge on any atom is 0.490 e. The molecule has 0 saturated carbocycles. The molecule has 2 aliphatic heterocycles. The minimum absolute atomic E-state index is 0.0231. The highest BCUT2D eigenvalue weighted by Crippen LogP contribution is 2.32. The largest absolute Gasteiger partial charge is 0.490 e. The monoisotopic (exact) mass is 535 g/mol. The number of aliphatic carboxylic acids is 2. The number of piperidine rings is 1. The molecule has 2 fully saturated rings. The molecule has 1 amide bonds. The first-order valence-corrected chi connectivity index (χ1v) is 10.4. The number of rotatable bonds is 4. The molecule has 2 saturated heterocycles. The number of likely N-dealkylation sites (N-methyl/N-ethyl adjacent to an activating group) is 1. The number of carboxylic acids is 2. The topological polar surface area (TPSA) is 148 Å². The van der Waals surface area contributed by atoms with Gasteiger partial charge in [0.2, 0.25) is 5.91 Å². The second-order valence-corrected chi connectivity index (χ2v) is 7.83. The number of carboxylic acid groups (broad SMARTS) is 2. The van der Waals surface area contributed by atoms with Gasteiger partial charge >= 0.3 is 24.3 Å². The maximum atomic E-state index is 11.8. The van der Waals surface area contributed by atoms with Gasteiger partial charge in [0.1, 0.15) is 0 Å². The molecular weight excluding hydrogens is 508 g/mol. The average molecular weight is 535 g/mol. The summed E-state index contributed by atoms with van der Waals surface area (Å²) in [6.45, 7) is 5.72. The van der Waals surface area contributed by atoms with E-state index < -0.39 is 24.3 Å². The molecule has 17 heteroatoms. The number of aromatic nitrogens is 2. The number of hydrogen-bond donors (Lipinski definition) is 4. The van der Waals surface area contributed by atoms with Crippen LogP contribution in [0.2, 0.25) is 0 Å². The number of carbonyl (C=O) groups excluding carboxylic acids is 1. The number of ether oxygens (including phenoxy) is 1. The van der Waals surface area contributed by atoms with Crippen LogP contribution >= 0.6 is 0 Å². The van der Waals surface area contributed by atoms with Crippen LogP contribution in [0.1, 0.15) is 18.5 Å². The number of carbonyl (C=O) groups is 3. The molecule has 1 aromatic heterocycles. The van der Waals surface area contributed by atoms with Crippen LogP contribution < -0.4 is 5.32 Å². The number of halogens is 6. The van der Waals surface area contributed by atoms with Crippen LogP contribution in [0.25, 0.3) is 0 Å². The molecule has 0 radical (unpaired) electrons. The Morgan fingerprint density at radius 2 is 1.61 bits per heavy atom. The number of nitrogens with zero attached hydrogens (tertiary/aromatic N) is 3.